The smallest absolute Gasteiger partial charge is 0.358 e. The third kappa shape index (κ3) is 8.21. The molecular formula is C37H37F9O2. The monoisotopic (exact) mass is 684 g/mol. The molecule has 3 aromatic rings. The van der Waals surface area contributed by atoms with Crippen LogP contribution in [0.5, 0.6) is 0 Å². The van der Waals surface area contributed by atoms with Crippen molar-refractivity contribution < 1.29 is 49.0 Å². The van der Waals surface area contributed by atoms with Gasteiger partial charge in [-0.2, -0.15) is 17.6 Å². The second kappa shape index (κ2) is 15.4. The molecule has 48 heavy (non-hydrogen) atoms. The summed E-state index contributed by atoms with van der Waals surface area (Å²) in [7, 11) is 0. The maximum atomic E-state index is 15.3. The fourth-order valence-corrected chi connectivity index (χ4v) is 6.78. The average Bonchev–Trinajstić information content (AvgIpc) is 3.07. The molecule has 0 aliphatic heterocycles. The maximum Gasteiger partial charge on any atom is 0.358 e. The van der Waals surface area contributed by atoms with Crippen molar-refractivity contribution in [3.05, 3.63) is 100 Å². The van der Waals surface area contributed by atoms with Gasteiger partial charge in [-0.15, -0.1) is 0 Å². The van der Waals surface area contributed by atoms with E-state index in [9.17, 15) is 26.3 Å². The van der Waals surface area contributed by atoms with Crippen LogP contribution in [0.15, 0.2) is 54.5 Å². The highest BCUT2D eigenvalue weighted by molar-refractivity contribution is 5.69. The number of halogens is 9. The predicted molar refractivity (Wildman–Crippen MR) is 164 cm³/mol. The Labute approximate surface area is 273 Å². The van der Waals surface area contributed by atoms with Gasteiger partial charge in [0.25, 0.3) is 0 Å². The molecule has 0 saturated heterocycles. The molecule has 5 rings (SSSR count). The van der Waals surface area contributed by atoms with Gasteiger partial charge in [0.1, 0.15) is 11.6 Å². The molecule has 0 N–H and O–H groups in total. The van der Waals surface area contributed by atoms with Crippen LogP contribution in [-0.4, -0.2) is 18.8 Å². The van der Waals surface area contributed by atoms with E-state index in [4.69, 9.17) is 9.47 Å². The third-order valence-corrected chi connectivity index (χ3v) is 9.55. The van der Waals surface area contributed by atoms with E-state index < -0.39 is 59.1 Å². The number of unbranched alkanes of at least 4 members (excludes halogenated alkanes) is 1. The van der Waals surface area contributed by atoms with Crippen molar-refractivity contribution in [3.63, 3.8) is 0 Å². The Morgan fingerprint density at radius 3 is 1.98 bits per heavy atom. The lowest BCUT2D eigenvalue weighted by atomic mass is 9.77. The summed E-state index contributed by atoms with van der Waals surface area (Å²) in [6.07, 6.45) is -0.907. The van der Waals surface area contributed by atoms with E-state index in [0.29, 0.717) is 30.4 Å². The zero-order chi connectivity index (χ0) is 34.6. The van der Waals surface area contributed by atoms with Gasteiger partial charge in [-0.1, -0.05) is 37.6 Å². The molecule has 0 bridgehead atoms. The van der Waals surface area contributed by atoms with Gasteiger partial charge in [0.05, 0.1) is 18.6 Å². The molecule has 2 nitrogen and oxygen atoms in total. The number of benzene rings is 3. The van der Waals surface area contributed by atoms with E-state index in [-0.39, 0.29) is 73.7 Å². The predicted octanol–water partition coefficient (Wildman–Crippen LogP) is 12.0. The first-order chi connectivity index (χ1) is 22.9. The summed E-state index contributed by atoms with van der Waals surface area (Å²) >= 11 is 0. The van der Waals surface area contributed by atoms with Crippen LogP contribution in [0.4, 0.5) is 39.5 Å². The van der Waals surface area contributed by atoms with Crippen molar-refractivity contribution in [3.8, 4) is 11.1 Å². The lowest BCUT2D eigenvalue weighted by Gasteiger charge is -2.37. The minimum atomic E-state index is -3.41. The Bertz CT molecular complexity index is 1580. The fourth-order valence-electron chi connectivity index (χ4n) is 6.78. The van der Waals surface area contributed by atoms with Gasteiger partial charge in [-0.05, 0) is 111 Å². The van der Waals surface area contributed by atoms with E-state index in [1.807, 2.05) is 6.92 Å². The highest BCUT2D eigenvalue weighted by Crippen LogP contribution is 2.46. The van der Waals surface area contributed by atoms with Crippen molar-refractivity contribution in [1.29, 1.82) is 0 Å². The molecule has 0 radical (unpaired) electrons. The summed E-state index contributed by atoms with van der Waals surface area (Å²) in [6.45, 7) is 1.84. The number of hydrogen-bond donors (Lipinski definition) is 0. The number of alkyl halides is 2. The maximum absolute atomic E-state index is 15.3. The lowest BCUT2D eigenvalue weighted by Crippen LogP contribution is -2.38. The fraction of sp³-hybridized carbons (Fsp3) is 0.459. The summed E-state index contributed by atoms with van der Waals surface area (Å²) in [5.41, 5.74) is 0.427. The normalized spacial score (nSPS) is 22.4. The number of rotatable bonds is 11. The Morgan fingerprint density at radius 2 is 1.38 bits per heavy atom. The van der Waals surface area contributed by atoms with Crippen molar-refractivity contribution in [2.45, 2.75) is 95.2 Å². The second-order valence-corrected chi connectivity index (χ2v) is 12.7. The van der Waals surface area contributed by atoms with Crippen LogP contribution in [0.25, 0.3) is 17.0 Å². The number of ether oxygens (including phenoxy) is 2. The van der Waals surface area contributed by atoms with Gasteiger partial charge >= 0.3 is 12.1 Å². The zero-order valence-corrected chi connectivity index (χ0v) is 26.4. The quantitative estimate of drug-likeness (QED) is 0.0866. The van der Waals surface area contributed by atoms with Gasteiger partial charge in [0.2, 0.25) is 5.83 Å². The molecule has 2 aliphatic carbocycles. The first-order valence-corrected chi connectivity index (χ1v) is 16.4. The van der Waals surface area contributed by atoms with Gasteiger partial charge in [-0.3, -0.25) is 0 Å². The van der Waals surface area contributed by atoms with E-state index >= 15 is 13.2 Å². The van der Waals surface area contributed by atoms with E-state index in [0.717, 1.165) is 30.7 Å². The average molecular weight is 685 g/mol. The van der Waals surface area contributed by atoms with Crippen LogP contribution in [0.1, 0.15) is 99.7 Å². The summed E-state index contributed by atoms with van der Waals surface area (Å²) in [5.74, 6) is -8.65. The molecule has 0 atom stereocenters. The van der Waals surface area contributed by atoms with Crippen molar-refractivity contribution in [2.24, 2.45) is 5.92 Å². The Hall–Kier alpha value is -3.47. The molecule has 0 aromatic heterocycles. The third-order valence-electron chi connectivity index (χ3n) is 9.55. The standard InChI is InChI=1S/C37H37F9O2/c1-2-3-16-47-36(44)34(42)24-9-15-29(31(39)18-24)23-8-14-28(30(38)17-23)22-4-10-26(11-5-22)37(45,46)48-27-12-6-21(7-13-27)25-19-32(40)35(43)33(41)20-25/h8-9,14-15,17-22,26-27H,2-7,10-13,16H2,1H3/b36-34-. The molecule has 2 aliphatic rings. The SMILES string of the molecule is CCCCO/C(F)=C(\F)c1ccc(-c2ccc(C3CCC(C(F)(F)OC4CCC(c5cc(F)c(F)c(F)c5)CC4)CC3)c(F)c2)c(F)c1. The van der Waals surface area contributed by atoms with E-state index in [1.54, 1.807) is 0 Å². The first kappa shape index (κ1) is 35.8. The molecule has 0 unspecified atom stereocenters. The first-order valence-electron chi connectivity index (χ1n) is 16.4. The molecule has 11 heteroatoms. The van der Waals surface area contributed by atoms with Crippen LogP contribution in [0.2, 0.25) is 0 Å². The van der Waals surface area contributed by atoms with Crippen LogP contribution in [0, 0.1) is 35.0 Å². The Balaban J connectivity index is 1.15. The molecule has 3 aromatic carbocycles. The van der Waals surface area contributed by atoms with Gasteiger partial charge in [0, 0.05) is 11.1 Å². The van der Waals surface area contributed by atoms with Gasteiger partial charge in [-0.25, -0.2) is 22.0 Å². The highest BCUT2D eigenvalue weighted by Gasteiger charge is 2.45. The summed E-state index contributed by atoms with van der Waals surface area (Å²) < 4.78 is 140. The van der Waals surface area contributed by atoms with Gasteiger partial charge < -0.3 is 9.47 Å². The molecule has 0 heterocycles. The van der Waals surface area contributed by atoms with E-state index in [1.165, 1.54) is 24.3 Å². The van der Waals surface area contributed by atoms with Crippen LogP contribution < -0.4 is 0 Å². The Morgan fingerprint density at radius 1 is 0.729 bits per heavy atom. The summed E-state index contributed by atoms with van der Waals surface area (Å²) in [4.78, 5) is 0. The van der Waals surface area contributed by atoms with E-state index in [2.05, 4.69) is 0 Å². The molecule has 0 amide bonds. The van der Waals surface area contributed by atoms with Crippen LogP contribution >= 0.6 is 0 Å². The lowest BCUT2D eigenvalue weighted by molar-refractivity contribution is -0.300. The molecular weight excluding hydrogens is 647 g/mol. The largest absolute Gasteiger partial charge is 0.469 e. The summed E-state index contributed by atoms with van der Waals surface area (Å²) in [5, 5.41) is 0. The summed E-state index contributed by atoms with van der Waals surface area (Å²) in [6, 6.07) is 7.80. The minimum Gasteiger partial charge on any atom is -0.469 e. The highest BCUT2D eigenvalue weighted by atomic mass is 19.3. The molecule has 2 fully saturated rings. The Kier molecular flexibility index (Phi) is 11.5. The minimum absolute atomic E-state index is 0.0165. The molecule has 0 spiro atoms. The topological polar surface area (TPSA) is 18.5 Å². The molecule has 2 saturated carbocycles. The van der Waals surface area contributed by atoms with Crippen LogP contribution in [0.3, 0.4) is 0 Å². The van der Waals surface area contributed by atoms with Crippen molar-refractivity contribution in [1.82, 2.24) is 0 Å². The van der Waals surface area contributed by atoms with Crippen LogP contribution in [-0.2, 0) is 9.47 Å². The van der Waals surface area contributed by atoms with Crippen molar-refractivity contribution in [2.75, 3.05) is 6.61 Å². The molecule has 260 valence electrons. The zero-order valence-electron chi connectivity index (χ0n) is 26.4. The van der Waals surface area contributed by atoms with Crippen molar-refractivity contribution >= 4 is 5.83 Å². The second-order valence-electron chi connectivity index (χ2n) is 12.7. The van der Waals surface area contributed by atoms with Gasteiger partial charge in [0.15, 0.2) is 17.5 Å². The number of hydrogen-bond acceptors (Lipinski definition) is 2.